The number of fused-ring (bicyclic) bond motifs is 1. The number of hydrogen-bond donors (Lipinski definition) is 0. The van der Waals surface area contributed by atoms with Gasteiger partial charge in [-0.05, 0) is 12.1 Å². The van der Waals surface area contributed by atoms with Crippen LogP contribution in [-0.4, -0.2) is 26.7 Å². The number of nitrogens with zero attached hydrogens (tertiary/aromatic N) is 1. The van der Waals surface area contributed by atoms with E-state index in [9.17, 15) is 9.59 Å². The molecular formula is C11H8Cl3NO3. The standard InChI is InChI=1S/C11H8Cl3NO3/c1-6(16)15-9(17)7-4-2-3-5-8(7)18-10(15)11(12,13)14/h2-5,10H,1H3. The number of amides is 2. The van der Waals surface area contributed by atoms with Gasteiger partial charge in [0.05, 0.1) is 5.56 Å². The van der Waals surface area contributed by atoms with Crippen LogP contribution in [0.3, 0.4) is 0 Å². The number of rotatable bonds is 0. The van der Waals surface area contributed by atoms with Crippen LogP contribution in [0.15, 0.2) is 24.3 Å². The molecule has 1 aliphatic rings. The van der Waals surface area contributed by atoms with Crippen LogP contribution in [0.4, 0.5) is 0 Å². The van der Waals surface area contributed by atoms with Gasteiger partial charge in [0.1, 0.15) is 5.75 Å². The molecule has 0 aliphatic carbocycles. The van der Waals surface area contributed by atoms with Crippen molar-refractivity contribution in [1.82, 2.24) is 4.90 Å². The van der Waals surface area contributed by atoms with Gasteiger partial charge in [-0.25, -0.2) is 4.90 Å². The second-order valence-corrected chi connectivity index (χ2v) is 6.07. The summed E-state index contributed by atoms with van der Waals surface area (Å²) in [5, 5.41) is 0. The lowest BCUT2D eigenvalue weighted by Gasteiger charge is -2.37. The first kappa shape index (κ1) is 13.5. The summed E-state index contributed by atoms with van der Waals surface area (Å²) in [7, 11) is 0. The van der Waals surface area contributed by atoms with Gasteiger partial charge in [-0.1, -0.05) is 46.9 Å². The lowest BCUT2D eigenvalue weighted by atomic mass is 10.1. The average Bonchev–Trinajstić information content (AvgIpc) is 2.27. The van der Waals surface area contributed by atoms with E-state index in [-0.39, 0.29) is 11.3 Å². The van der Waals surface area contributed by atoms with Gasteiger partial charge in [-0.2, -0.15) is 0 Å². The van der Waals surface area contributed by atoms with Gasteiger partial charge in [-0.3, -0.25) is 9.59 Å². The highest BCUT2D eigenvalue weighted by Gasteiger charge is 2.47. The van der Waals surface area contributed by atoms with E-state index in [2.05, 4.69) is 0 Å². The number of halogens is 3. The molecule has 2 rings (SSSR count). The average molecular weight is 309 g/mol. The third-order valence-electron chi connectivity index (χ3n) is 2.43. The molecule has 7 heteroatoms. The normalized spacial score (nSPS) is 19.2. The fraction of sp³-hybridized carbons (Fsp3) is 0.273. The van der Waals surface area contributed by atoms with E-state index in [0.29, 0.717) is 0 Å². The molecular weight excluding hydrogens is 300 g/mol. The maximum absolute atomic E-state index is 12.2. The van der Waals surface area contributed by atoms with Crippen LogP contribution in [0.1, 0.15) is 17.3 Å². The zero-order valence-electron chi connectivity index (χ0n) is 9.19. The van der Waals surface area contributed by atoms with Gasteiger partial charge >= 0.3 is 0 Å². The molecule has 1 heterocycles. The largest absolute Gasteiger partial charge is 0.464 e. The first-order valence-electron chi connectivity index (χ1n) is 4.99. The second kappa shape index (κ2) is 4.61. The molecule has 1 aromatic carbocycles. The summed E-state index contributed by atoms with van der Waals surface area (Å²) in [5.41, 5.74) is 0.262. The Bertz CT molecular complexity index is 513. The smallest absolute Gasteiger partial charge is 0.267 e. The topological polar surface area (TPSA) is 46.6 Å². The van der Waals surface area contributed by atoms with Crippen molar-refractivity contribution in [3.63, 3.8) is 0 Å². The minimum Gasteiger partial charge on any atom is -0.464 e. The van der Waals surface area contributed by atoms with Crippen molar-refractivity contribution in [3.8, 4) is 5.75 Å². The van der Waals surface area contributed by atoms with E-state index >= 15 is 0 Å². The minimum atomic E-state index is -1.92. The van der Waals surface area contributed by atoms with E-state index in [0.717, 1.165) is 4.90 Å². The predicted octanol–water partition coefficient (Wildman–Crippen LogP) is 2.76. The summed E-state index contributed by atoms with van der Waals surface area (Å²) in [5.74, 6) is -0.803. The molecule has 1 unspecified atom stereocenters. The maximum Gasteiger partial charge on any atom is 0.267 e. The number of carbonyl (C=O) groups is 2. The van der Waals surface area contributed by atoms with Crippen molar-refractivity contribution >= 4 is 46.6 Å². The molecule has 0 saturated carbocycles. The Balaban J connectivity index is 2.52. The number of imide groups is 1. The monoisotopic (exact) mass is 307 g/mol. The number of ether oxygens (including phenoxy) is 1. The van der Waals surface area contributed by atoms with Gasteiger partial charge in [-0.15, -0.1) is 0 Å². The number of hydrogen-bond acceptors (Lipinski definition) is 3. The minimum absolute atomic E-state index is 0.262. The first-order valence-corrected chi connectivity index (χ1v) is 6.12. The highest BCUT2D eigenvalue weighted by molar-refractivity contribution is 6.68. The molecule has 0 radical (unpaired) electrons. The Hall–Kier alpha value is -0.970. The Kier molecular flexibility index (Phi) is 3.45. The highest BCUT2D eigenvalue weighted by atomic mass is 35.6. The van der Waals surface area contributed by atoms with Gasteiger partial charge in [0.2, 0.25) is 15.9 Å². The molecule has 0 fully saturated rings. The van der Waals surface area contributed by atoms with Crippen molar-refractivity contribution in [3.05, 3.63) is 29.8 Å². The molecule has 0 saturated heterocycles. The Morgan fingerprint density at radius 1 is 1.33 bits per heavy atom. The van der Waals surface area contributed by atoms with Crippen LogP contribution >= 0.6 is 34.8 Å². The molecule has 4 nitrogen and oxygen atoms in total. The first-order chi connectivity index (χ1) is 8.32. The summed E-state index contributed by atoms with van der Waals surface area (Å²) in [4.78, 5) is 24.5. The molecule has 1 atom stereocenters. The zero-order valence-corrected chi connectivity index (χ0v) is 11.5. The summed E-state index contributed by atoms with van der Waals surface area (Å²) in [6, 6.07) is 6.47. The fourth-order valence-electron chi connectivity index (χ4n) is 1.68. The molecule has 18 heavy (non-hydrogen) atoms. The van der Waals surface area contributed by atoms with E-state index in [1.807, 2.05) is 0 Å². The molecule has 1 aromatic rings. The number of carbonyl (C=O) groups excluding carboxylic acids is 2. The number of benzene rings is 1. The lowest BCUT2D eigenvalue weighted by Crippen LogP contribution is -2.55. The third kappa shape index (κ3) is 2.28. The van der Waals surface area contributed by atoms with E-state index < -0.39 is 21.8 Å². The molecule has 96 valence electrons. The van der Waals surface area contributed by atoms with Crippen LogP contribution < -0.4 is 4.74 Å². The molecule has 0 bridgehead atoms. The number of para-hydroxylation sites is 1. The Morgan fingerprint density at radius 2 is 1.94 bits per heavy atom. The van der Waals surface area contributed by atoms with Crippen molar-refractivity contribution in [2.75, 3.05) is 0 Å². The van der Waals surface area contributed by atoms with Crippen LogP contribution in [0.25, 0.3) is 0 Å². The van der Waals surface area contributed by atoms with Crippen molar-refractivity contribution < 1.29 is 14.3 Å². The van der Waals surface area contributed by atoms with E-state index in [1.165, 1.54) is 6.92 Å². The fourth-order valence-corrected chi connectivity index (χ4v) is 2.10. The third-order valence-corrected chi connectivity index (χ3v) is 2.99. The lowest BCUT2D eigenvalue weighted by molar-refractivity contribution is -0.133. The van der Waals surface area contributed by atoms with Crippen LogP contribution in [-0.2, 0) is 4.79 Å². The van der Waals surface area contributed by atoms with Gasteiger partial charge in [0, 0.05) is 6.92 Å². The number of alkyl halides is 3. The predicted molar refractivity (Wildman–Crippen MR) is 68.0 cm³/mol. The summed E-state index contributed by atoms with van der Waals surface area (Å²) in [6.45, 7) is 1.21. The molecule has 1 aliphatic heterocycles. The Labute approximate surface area is 118 Å². The van der Waals surface area contributed by atoms with E-state index in [4.69, 9.17) is 39.5 Å². The zero-order chi connectivity index (χ0) is 13.5. The molecule has 2 amide bonds. The van der Waals surface area contributed by atoms with Gasteiger partial charge in [0.15, 0.2) is 0 Å². The van der Waals surface area contributed by atoms with Crippen molar-refractivity contribution in [1.29, 1.82) is 0 Å². The summed E-state index contributed by atoms with van der Waals surface area (Å²) >= 11 is 17.2. The quantitative estimate of drug-likeness (QED) is 0.692. The SMILES string of the molecule is CC(=O)N1C(=O)c2ccccc2OC1C(Cl)(Cl)Cl. The molecule has 0 aromatic heterocycles. The van der Waals surface area contributed by atoms with Crippen molar-refractivity contribution in [2.24, 2.45) is 0 Å². The summed E-state index contributed by atoms with van der Waals surface area (Å²) in [6.07, 6.45) is -1.28. The van der Waals surface area contributed by atoms with E-state index in [1.54, 1.807) is 24.3 Å². The van der Waals surface area contributed by atoms with Gasteiger partial charge in [0.25, 0.3) is 5.91 Å². The molecule has 0 spiro atoms. The van der Waals surface area contributed by atoms with Gasteiger partial charge < -0.3 is 4.74 Å². The summed E-state index contributed by atoms with van der Waals surface area (Å²) < 4.78 is 3.51. The van der Waals surface area contributed by atoms with Crippen LogP contribution in [0, 0.1) is 0 Å². The van der Waals surface area contributed by atoms with Crippen LogP contribution in [0.2, 0.25) is 0 Å². The van der Waals surface area contributed by atoms with Crippen molar-refractivity contribution in [2.45, 2.75) is 16.9 Å². The Morgan fingerprint density at radius 3 is 2.50 bits per heavy atom. The highest BCUT2D eigenvalue weighted by Crippen LogP contribution is 2.39. The maximum atomic E-state index is 12.2. The second-order valence-electron chi connectivity index (χ2n) is 3.70. The molecule has 0 N–H and O–H groups in total. The van der Waals surface area contributed by atoms with Crippen LogP contribution in [0.5, 0.6) is 5.75 Å².